The van der Waals surface area contributed by atoms with Gasteiger partial charge in [0.1, 0.15) is 11.5 Å². The van der Waals surface area contributed by atoms with Crippen molar-refractivity contribution in [1.82, 2.24) is 4.72 Å². The molecule has 0 aliphatic rings. The Hall–Kier alpha value is -1.57. The summed E-state index contributed by atoms with van der Waals surface area (Å²) in [6.07, 6.45) is 0. The molecule has 0 aromatic heterocycles. The van der Waals surface area contributed by atoms with E-state index in [1.165, 1.54) is 25.2 Å². The first-order valence-electron chi connectivity index (χ1n) is 5.69. The second-order valence-electron chi connectivity index (χ2n) is 3.94. The minimum Gasteiger partial charge on any atom is -0.454 e. The highest BCUT2D eigenvalue weighted by Gasteiger charge is 2.14. The molecule has 20 heavy (non-hydrogen) atoms. The topological polar surface area (TPSA) is 81.4 Å². The Morgan fingerprint density at radius 1 is 1.15 bits per heavy atom. The van der Waals surface area contributed by atoms with Crippen LogP contribution in [0.15, 0.2) is 51.8 Å². The van der Waals surface area contributed by atoms with Crippen LogP contribution in [0.25, 0.3) is 0 Å². The number of ether oxygens (including phenoxy) is 1. The van der Waals surface area contributed by atoms with Gasteiger partial charge in [0.25, 0.3) is 0 Å². The SMILES string of the molecule is CNS(=O)(=O)c1ccc(Oc2ccccc2Br)c(N)c1. The van der Waals surface area contributed by atoms with E-state index in [0.717, 1.165) is 4.47 Å². The van der Waals surface area contributed by atoms with Gasteiger partial charge in [0.2, 0.25) is 10.0 Å². The molecule has 0 atom stereocenters. The van der Waals surface area contributed by atoms with E-state index in [4.69, 9.17) is 10.5 Å². The molecule has 0 amide bonds. The van der Waals surface area contributed by atoms with Crippen LogP contribution in [0, 0.1) is 0 Å². The summed E-state index contributed by atoms with van der Waals surface area (Å²) in [5.41, 5.74) is 6.09. The highest BCUT2D eigenvalue weighted by molar-refractivity contribution is 9.10. The van der Waals surface area contributed by atoms with Crippen molar-refractivity contribution >= 4 is 31.6 Å². The lowest BCUT2D eigenvalue weighted by molar-refractivity contribution is 0.481. The number of rotatable bonds is 4. The number of anilines is 1. The van der Waals surface area contributed by atoms with Crippen molar-refractivity contribution in [3.63, 3.8) is 0 Å². The first kappa shape index (κ1) is 14.8. The van der Waals surface area contributed by atoms with E-state index >= 15 is 0 Å². The molecule has 2 rings (SSSR count). The lowest BCUT2D eigenvalue weighted by Gasteiger charge is -2.11. The molecular weight excluding hydrogens is 344 g/mol. The Morgan fingerprint density at radius 2 is 1.85 bits per heavy atom. The summed E-state index contributed by atoms with van der Waals surface area (Å²) in [7, 11) is -2.17. The van der Waals surface area contributed by atoms with Crippen molar-refractivity contribution in [2.75, 3.05) is 12.8 Å². The zero-order valence-electron chi connectivity index (χ0n) is 10.6. The van der Waals surface area contributed by atoms with Gasteiger partial charge in [0, 0.05) is 0 Å². The molecule has 3 N–H and O–H groups in total. The lowest BCUT2D eigenvalue weighted by atomic mass is 10.3. The summed E-state index contributed by atoms with van der Waals surface area (Å²) < 4.78 is 32.0. The Balaban J connectivity index is 2.34. The van der Waals surface area contributed by atoms with Crippen molar-refractivity contribution in [1.29, 1.82) is 0 Å². The van der Waals surface area contributed by atoms with Gasteiger partial charge in [-0.05, 0) is 53.3 Å². The molecule has 5 nitrogen and oxygen atoms in total. The normalized spacial score (nSPS) is 11.3. The second-order valence-corrected chi connectivity index (χ2v) is 6.68. The maximum absolute atomic E-state index is 11.7. The van der Waals surface area contributed by atoms with E-state index in [1.807, 2.05) is 18.2 Å². The highest BCUT2D eigenvalue weighted by atomic mass is 79.9. The summed E-state index contributed by atoms with van der Waals surface area (Å²) >= 11 is 3.36. The molecule has 2 aromatic rings. The van der Waals surface area contributed by atoms with Crippen molar-refractivity contribution in [2.24, 2.45) is 0 Å². The standard InChI is InChI=1S/C13H13BrN2O3S/c1-16-20(17,18)9-6-7-13(11(15)8-9)19-12-5-3-2-4-10(12)14/h2-8,16H,15H2,1H3. The molecule has 0 radical (unpaired) electrons. The molecular formula is C13H13BrN2O3S. The monoisotopic (exact) mass is 356 g/mol. The van der Waals surface area contributed by atoms with Crippen LogP contribution in [0.4, 0.5) is 5.69 Å². The number of nitrogen functional groups attached to an aromatic ring is 1. The van der Waals surface area contributed by atoms with Crippen LogP contribution >= 0.6 is 15.9 Å². The zero-order valence-corrected chi connectivity index (χ0v) is 13.0. The Labute approximate surface area is 125 Å². The summed E-state index contributed by atoms with van der Waals surface area (Å²) in [4.78, 5) is 0.0944. The molecule has 0 unspecified atom stereocenters. The second kappa shape index (κ2) is 5.82. The third kappa shape index (κ3) is 3.12. The number of halogens is 1. The molecule has 0 saturated heterocycles. The maximum atomic E-state index is 11.7. The largest absolute Gasteiger partial charge is 0.454 e. The number of para-hydroxylation sites is 1. The fourth-order valence-corrected chi connectivity index (χ4v) is 2.68. The Bertz CT molecular complexity index is 732. The van der Waals surface area contributed by atoms with Crippen LogP contribution in [0.5, 0.6) is 11.5 Å². The van der Waals surface area contributed by atoms with Gasteiger partial charge < -0.3 is 10.5 Å². The minimum atomic E-state index is -3.51. The van der Waals surface area contributed by atoms with E-state index in [-0.39, 0.29) is 10.6 Å². The first-order valence-corrected chi connectivity index (χ1v) is 7.97. The molecule has 2 aromatic carbocycles. The third-order valence-electron chi connectivity index (χ3n) is 2.62. The van der Waals surface area contributed by atoms with Gasteiger partial charge >= 0.3 is 0 Å². The van der Waals surface area contributed by atoms with E-state index < -0.39 is 10.0 Å². The molecule has 0 spiro atoms. The smallest absolute Gasteiger partial charge is 0.240 e. The summed E-state index contributed by atoms with van der Waals surface area (Å²) in [5, 5.41) is 0. The minimum absolute atomic E-state index is 0.0944. The number of hydrogen-bond acceptors (Lipinski definition) is 4. The number of benzene rings is 2. The number of nitrogens with one attached hydrogen (secondary N) is 1. The van der Waals surface area contributed by atoms with Crippen LogP contribution in [0.3, 0.4) is 0 Å². The molecule has 7 heteroatoms. The van der Waals surface area contributed by atoms with E-state index in [2.05, 4.69) is 20.7 Å². The lowest BCUT2D eigenvalue weighted by Crippen LogP contribution is -2.18. The predicted molar refractivity (Wildman–Crippen MR) is 81.3 cm³/mol. The van der Waals surface area contributed by atoms with Crippen molar-refractivity contribution in [3.8, 4) is 11.5 Å². The highest BCUT2D eigenvalue weighted by Crippen LogP contribution is 2.33. The average molecular weight is 357 g/mol. The van der Waals surface area contributed by atoms with Crippen LogP contribution in [0.2, 0.25) is 0 Å². The maximum Gasteiger partial charge on any atom is 0.240 e. The fourth-order valence-electron chi connectivity index (χ4n) is 1.55. The fraction of sp³-hybridized carbons (Fsp3) is 0.0769. The molecule has 0 heterocycles. The van der Waals surface area contributed by atoms with Gasteiger partial charge in [-0.25, -0.2) is 13.1 Å². The third-order valence-corrected chi connectivity index (χ3v) is 4.68. The zero-order chi connectivity index (χ0) is 14.8. The number of hydrogen-bond donors (Lipinski definition) is 2. The van der Waals surface area contributed by atoms with Crippen molar-refractivity contribution < 1.29 is 13.2 Å². The average Bonchev–Trinajstić information content (AvgIpc) is 2.43. The number of nitrogens with two attached hydrogens (primary N) is 1. The quantitative estimate of drug-likeness (QED) is 0.825. The summed E-state index contributed by atoms with van der Waals surface area (Å²) in [6.45, 7) is 0. The van der Waals surface area contributed by atoms with Gasteiger partial charge in [-0.1, -0.05) is 12.1 Å². The molecule has 0 bridgehead atoms. The van der Waals surface area contributed by atoms with Crippen LogP contribution in [-0.4, -0.2) is 15.5 Å². The molecule has 106 valence electrons. The van der Waals surface area contributed by atoms with Crippen molar-refractivity contribution in [2.45, 2.75) is 4.90 Å². The van der Waals surface area contributed by atoms with Crippen LogP contribution in [0.1, 0.15) is 0 Å². The van der Waals surface area contributed by atoms with E-state index in [1.54, 1.807) is 6.07 Å². The van der Waals surface area contributed by atoms with Crippen LogP contribution < -0.4 is 15.2 Å². The molecule has 0 saturated carbocycles. The van der Waals surface area contributed by atoms with Crippen molar-refractivity contribution in [3.05, 3.63) is 46.9 Å². The van der Waals surface area contributed by atoms with Gasteiger partial charge in [-0.2, -0.15) is 0 Å². The van der Waals surface area contributed by atoms with E-state index in [9.17, 15) is 8.42 Å². The van der Waals surface area contributed by atoms with E-state index in [0.29, 0.717) is 11.5 Å². The first-order chi connectivity index (χ1) is 9.44. The van der Waals surface area contributed by atoms with Gasteiger partial charge in [-0.3, -0.25) is 0 Å². The van der Waals surface area contributed by atoms with Crippen LogP contribution in [-0.2, 0) is 10.0 Å². The summed E-state index contributed by atoms with van der Waals surface area (Å²) in [5.74, 6) is 0.996. The molecule has 0 fully saturated rings. The predicted octanol–water partition coefficient (Wildman–Crippen LogP) is 2.73. The summed E-state index contributed by atoms with van der Waals surface area (Å²) in [6, 6.07) is 11.6. The van der Waals surface area contributed by atoms with Gasteiger partial charge in [-0.15, -0.1) is 0 Å². The Kier molecular flexibility index (Phi) is 4.32. The number of sulfonamides is 1. The molecule has 0 aliphatic carbocycles. The molecule has 0 aliphatic heterocycles. The van der Waals surface area contributed by atoms with Gasteiger partial charge in [0.05, 0.1) is 15.1 Å². The Morgan fingerprint density at radius 3 is 2.45 bits per heavy atom. The van der Waals surface area contributed by atoms with Gasteiger partial charge in [0.15, 0.2) is 0 Å².